The molecular weight excluding hydrogens is 480 g/mol. The van der Waals surface area contributed by atoms with E-state index in [1.807, 2.05) is 0 Å². The first-order chi connectivity index (χ1) is 19.3. The number of imidazole rings is 1. The van der Waals surface area contributed by atoms with Gasteiger partial charge in [0.05, 0.1) is 23.6 Å². The molecule has 3 unspecified atom stereocenters. The topological polar surface area (TPSA) is 77.1 Å². The maximum Gasteiger partial charge on any atom is 0.123 e. The molecule has 4 heterocycles. The number of benzene rings is 2. The van der Waals surface area contributed by atoms with Crippen molar-refractivity contribution in [3.05, 3.63) is 65.1 Å². The van der Waals surface area contributed by atoms with Gasteiger partial charge in [0.2, 0.25) is 0 Å². The number of hydrogen-bond donors (Lipinski definition) is 4. The van der Waals surface area contributed by atoms with Gasteiger partial charge in [0, 0.05) is 18.2 Å². The standard InChI is InChI=1S/C33H40N6/c1-2-15-33(14-1)16-13-24-23(11-12-25(30(24)33)29-20-37-32(39-29)27-6-4-18-35-27)21-7-9-22(10-8-21)28-19-36-31(38-28)26-5-3-17-34-26/h7-12,20,26-27,31,34-36H,1-6,13-19H2,(H,37,39). The van der Waals surface area contributed by atoms with Gasteiger partial charge in [-0.05, 0) is 97.7 Å². The van der Waals surface area contributed by atoms with Crippen LogP contribution in [0.4, 0.5) is 0 Å². The van der Waals surface area contributed by atoms with Crippen molar-refractivity contribution in [2.45, 2.75) is 87.9 Å². The van der Waals surface area contributed by atoms with E-state index in [1.54, 1.807) is 11.1 Å². The maximum absolute atomic E-state index is 5.05. The fraction of sp³-hybridized carbons (Fsp3) is 0.515. The summed E-state index contributed by atoms with van der Waals surface area (Å²) in [5, 5.41) is 10.8. The molecule has 1 aromatic heterocycles. The Bertz CT molecular complexity index is 1380. The van der Waals surface area contributed by atoms with Crippen LogP contribution < -0.4 is 16.0 Å². The van der Waals surface area contributed by atoms with Gasteiger partial charge < -0.3 is 15.6 Å². The van der Waals surface area contributed by atoms with Crippen molar-refractivity contribution >= 4 is 5.71 Å². The second-order valence-electron chi connectivity index (χ2n) is 12.5. The van der Waals surface area contributed by atoms with E-state index in [1.165, 1.54) is 97.9 Å². The van der Waals surface area contributed by atoms with Crippen molar-refractivity contribution in [2.24, 2.45) is 4.99 Å². The number of fused-ring (bicyclic) bond motifs is 2. The Balaban J connectivity index is 1.13. The first-order valence-corrected chi connectivity index (χ1v) is 15.4. The highest BCUT2D eigenvalue weighted by atomic mass is 15.2. The van der Waals surface area contributed by atoms with Crippen LogP contribution in [0.5, 0.6) is 0 Å². The molecule has 2 aromatic carbocycles. The monoisotopic (exact) mass is 520 g/mol. The number of nitrogens with zero attached hydrogens (tertiary/aromatic N) is 2. The van der Waals surface area contributed by atoms with Crippen LogP contribution in [0.15, 0.2) is 47.6 Å². The van der Waals surface area contributed by atoms with E-state index >= 15 is 0 Å². The van der Waals surface area contributed by atoms with Crippen LogP contribution in [0.3, 0.4) is 0 Å². The molecule has 8 rings (SSSR count). The summed E-state index contributed by atoms with van der Waals surface area (Å²) in [6.07, 6.45) is 15.0. The van der Waals surface area contributed by atoms with Crippen LogP contribution in [0.25, 0.3) is 22.4 Å². The van der Waals surface area contributed by atoms with Crippen molar-refractivity contribution in [1.82, 2.24) is 25.9 Å². The first-order valence-electron chi connectivity index (χ1n) is 15.4. The molecule has 1 saturated carbocycles. The molecule has 3 aliphatic heterocycles. The number of H-pyrrole nitrogens is 1. The fourth-order valence-electron chi connectivity index (χ4n) is 8.31. The highest BCUT2D eigenvalue weighted by Gasteiger charge is 2.43. The molecule has 3 fully saturated rings. The number of rotatable bonds is 5. The molecule has 2 saturated heterocycles. The lowest BCUT2D eigenvalue weighted by molar-refractivity contribution is 0.440. The number of nitrogens with one attached hydrogen (secondary N) is 4. The molecule has 2 aliphatic carbocycles. The highest BCUT2D eigenvalue weighted by molar-refractivity contribution is 6.03. The fourth-order valence-corrected chi connectivity index (χ4v) is 8.31. The number of aliphatic imine (C=N–C) groups is 1. The molecule has 3 atom stereocenters. The molecule has 3 aromatic rings. The molecule has 5 aliphatic rings. The molecule has 0 bridgehead atoms. The smallest absolute Gasteiger partial charge is 0.123 e. The zero-order valence-electron chi connectivity index (χ0n) is 22.9. The van der Waals surface area contributed by atoms with Crippen LogP contribution in [-0.2, 0) is 11.8 Å². The molecule has 4 N–H and O–H groups in total. The highest BCUT2D eigenvalue weighted by Crippen LogP contribution is 2.55. The van der Waals surface area contributed by atoms with E-state index < -0.39 is 0 Å². The molecule has 6 heteroatoms. The van der Waals surface area contributed by atoms with Crippen LogP contribution in [0.1, 0.15) is 86.3 Å². The third-order valence-electron chi connectivity index (χ3n) is 10.3. The van der Waals surface area contributed by atoms with E-state index in [2.05, 4.69) is 63.5 Å². The summed E-state index contributed by atoms with van der Waals surface area (Å²) in [7, 11) is 0. The Hall–Kier alpha value is -2.80. The van der Waals surface area contributed by atoms with Crippen LogP contribution in [-0.4, -0.2) is 47.5 Å². The minimum Gasteiger partial charge on any atom is -0.341 e. The van der Waals surface area contributed by atoms with Crippen molar-refractivity contribution in [3.8, 4) is 22.4 Å². The van der Waals surface area contributed by atoms with Crippen LogP contribution >= 0.6 is 0 Å². The third kappa shape index (κ3) is 4.11. The van der Waals surface area contributed by atoms with E-state index in [-0.39, 0.29) is 6.17 Å². The average molecular weight is 521 g/mol. The Morgan fingerprint density at radius 3 is 2.36 bits per heavy atom. The lowest BCUT2D eigenvalue weighted by atomic mass is 9.77. The van der Waals surface area contributed by atoms with Gasteiger partial charge in [-0.15, -0.1) is 0 Å². The van der Waals surface area contributed by atoms with Gasteiger partial charge in [0.15, 0.2) is 0 Å². The number of aromatic nitrogens is 2. The van der Waals surface area contributed by atoms with Crippen molar-refractivity contribution in [2.75, 3.05) is 19.6 Å². The maximum atomic E-state index is 5.05. The van der Waals surface area contributed by atoms with Gasteiger partial charge in [0.25, 0.3) is 0 Å². The summed E-state index contributed by atoms with van der Waals surface area (Å²) in [5.74, 6) is 1.10. The lowest BCUT2D eigenvalue weighted by Gasteiger charge is -2.27. The SMILES string of the molecule is c1cc(-c2ccc(-c3cnc(C4CCCN4)[nH]3)c3c2CCC32CCCC2)ccc1C1=NC(C2CCCN2)NC1. The van der Waals surface area contributed by atoms with Gasteiger partial charge in [-0.2, -0.15) is 0 Å². The predicted molar refractivity (Wildman–Crippen MR) is 157 cm³/mol. The summed E-state index contributed by atoms with van der Waals surface area (Å²) < 4.78 is 0. The zero-order chi connectivity index (χ0) is 25.8. The first kappa shape index (κ1) is 24.0. The van der Waals surface area contributed by atoms with Crippen LogP contribution in [0.2, 0.25) is 0 Å². The normalized spacial score (nSPS) is 27.5. The summed E-state index contributed by atoms with van der Waals surface area (Å²) in [4.78, 5) is 13.6. The van der Waals surface area contributed by atoms with E-state index in [0.717, 1.165) is 25.5 Å². The Labute approximate surface area is 231 Å². The minimum absolute atomic E-state index is 0.216. The molecule has 0 radical (unpaired) electrons. The minimum atomic E-state index is 0.216. The second kappa shape index (κ2) is 9.69. The predicted octanol–water partition coefficient (Wildman–Crippen LogP) is 5.40. The summed E-state index contributed by atoms with van der Waals surface area (Å²) in [5.41, 5.74) is 11.3. The van der Waals surface area contributed by atoms with Crippen molar-refractivity contribution in [1.29, 1.82) is 0 Å². The van der Waals surface area contributed by atoms with Crippen molar-refractivity contribution < 1.29 is 0 Å². The van der Waals surface area contributed by atoms with Gasteiger partial charge in [-0.3, -0.25) is 10.3 Å². The van der Waals surface area contributed by atoms with Gasteiger partial charge in [0.1, 0.15) is 12.0 Å². The van der Waals surface area contributed by atoms with E-state index in [0.29, 0.717) is 17.5 Å². The van der Waals surface area contributed by atoms with Gasteiger partial charge >= 0.3 is 0 Å². The van der Waals surface area contributed by atoms with Crippen LogP contribution in [0, 0.1) is 0 Å². The van der Waals surface area contributed by atoms with E-state index in [4.69, 9.17) is 9.98 Å². The Morgan fingerprint density at radius 1 is 0.769 bits per heavy atom. The summed E-state index contributed by atoms with van der Waals surface area (Å²) >= 11 is 0. The average Bonchev–Trinajstić information content (AvgIpc) is 3.82. The number of hydrogen-bond acceptors (Lipinski definition) is 5. The van der Waals surface area contributed by atoms with E-state index in [9.17, 15) is 0 Å². The molecule has 6 nitrogen and oxygen atoms in total. The Kier molecular flexibility index (Phi) is 5.97. The lowest BCUT2D eigenvalue weighted by Crippen LogP contribution is -2.40. The molecule has 0 amide bonds. The van der Waals surface area contributed by atoms with Gasteiger partial charge in [-0.1, -0.05) is 49.2 Å². The third-order valence-corrected chi connectivity index (χ3v) is 10.3. The number of aromatic amines is 1. The Morgan fingerprint density at radius 2 is 1.56 bits per heavy atom. The molecule has 39 heavy (non-hydrogen) atoms. The molecule has 202 valence electrons. The van der Waals surface area contributed by atoms with Gasteiger partial charge in [-0.25, -0.2) is 4.98 Å². The quantitative estimate of drug-likeness (QED) is 0.364. The molecular formula is C33H40N6. The summed E-state index contributed by atoms with van der Waals surface area (Å²) in [6.45, 7) is 3.07. The largest absolute Gasteiger partial charge is 0.341 e. The second-order valence-corrected chi connectivity index (χ2v) is 12.5. The molecule has 1 spiro atoms. The van der Waals surface area contributed by atoms with Crippen molar-refractivity contribution in [3.63, 3.8) is 0 Å². The summed E-state index contributed by atoms with van der Waals surface area (Å²) in [6, 6.07) is 14.8. The zero-order valence-corrected chi connectivity index (χ0v) is 22.9.